The molecular formula is C27H29N3O5S. The molecule has 1 N–H and O–H groups in total. The van der Waals surface area contributed by atoms with Gasteiger partial charge in [0.1, 0.15) is 11.4 Å². The Balaban J connectivity index is 1.76. The number of benzene rings is 3. The first-order chi connectivity index (χ1) is 17.4. The van der Waals surface area contributed by atoms with Gasteiger partial charge < -0.3 is 10.1 Å². The van der Waals surface area contributed by atoms with Crippen LogP contribution in [0.4, 0.5) is 21.9 Å². The van der Waals surface area contributed by atoms with Crippen LogP contribution in [0.1, 0.15) is 39.5 Å². The van der Waals surface area contributed by atoms with Gasteiger partial charge in [0, 0.05) is 34.5 Å². The molecule has 3 aromatic rings. The molecule has 36 heavy (non-hydrogen) atoms. The summed E-state index contributed by atoms with van der Waals surface area (Å²) in [5.41, 5.74) is 0.684. The zero-order chi connectivity index (χ0) is 25.9. The number of carbonyl (C=O) groups excluding carboxylic acids is 2. The molecule has 0 saturated heterocycles. The number of nitrogens with zero attached hydrogens (tertiary/aromatic N) is 2. The molecule has 0 spiro atoms. The molecule has 0 heterocycles. The number of hydrogen-bond donors (Lipinski definition) is 1. The van der Waals surface area contributed by atoms with Crippen molar-refractivity contribution in [2.75, 3.05) is 16.8 Å². The van der Waals surface area contributed by atoms with Crippen molar-refractivity contribution in [1.82, 2.24) is 0 Å². The Kier molecular flexibility index (Phi) is 9.88. The number of nitro groups is 1. The van der Waals surface area contributed by atoms with Gasteiger partial charge in [-0.3, -0.25) is 19.8 Å². The van der Waals surface area contributed by atoms with Gasteiger partial charge in [-0.05, 0) is 61.4 Å². The number of ether oxygens (including phenoxy) is 1. The van der Waals surface area contributed by atoms with Crippen LogP contribution in [0.3, 0.4) is 0 Å². The monoisotopic (exact) mass is 507 g/mol. The van der Waals surface area contributed by atoms with E-state index in [0.29, 0.717) is 24.4 Å². The van der Waals surface area contributed by atoms with Gasteiger partial charge in [-0.1, -0.05) is 50.2 Å². The van der Waals surface area contributed by atoms with Crippen LogP contribution < -0.4 is 15.0 Å². The number of hydrogen-bond acceptors (Lipinski definition) is 6. The number of nitrogens with one attached hydrogen (secondary N) is 1. The summed E-state index contributed by atoms with van der Waals surface area (Å²) in [6.07, 6.45) is 2.78. The molecule has 0 atom stereocenters. The molecule has 0 bridgehead atoms. The van der Waals surface area contributed by atoms with E-state index in [1.807, 2.05) is 50.2 Å². The predicted octanol–water partition coefficient (Wildman–Crippen LogP) is 7.29. The van der Waals surface area contributed by atoms with Crippen LogP contribution >= 0.6 is 11.8 Å². The maximum absolute atomic E-state index is 13.2. The molecule has 9 heteroatoms. The molecule has 3 rings (SSSR count). The minimum atomic E-state index is -0.515. The fourth-order valence-corrected chi connectivity index (χ4v) is 4.27. The third-order valence-electron chi connectivity index (χ3n) is 5.20. The Morgan fingerprint density at radius 2 is 1.72 bits per heavy atom. The number of unbranched alkanes of at least 4 members (excludes halogenated alkanes) is 1. The average Bonchev–Trinajstić information content (AvgIpc) is 2.86. The number of anilines is 2. The van der Waals surface area contributed by atoms with Gasteiger partial charge in [0.25, 0.3) is 5.69 Å². The fourth-order valence-electron chi connectivity index (χ4n) is 3.40. The van der Waals surface area contributed by atoms with Crippen LogP contribution in [0, 0.1) is 10.1 Å². The predicted molar refractivity (Wildman–Crippen MR) is 142 cm³/mol. The lowest BCUT2D eigenvalue weighted by Crippen LogP contribution is -2.36. The second-order valence-electron chi connectivity index (χ2n) is 8.00. The van der Waals surface area contributed by atoms with Gasteiger partial charge in [0.15, 0.2) is 0 Å². The summed E-state index contributed by atoms with van der Waals surface area (Å²) in [4.78, 5) is 39.2. The van der Waals surface area contributed by atoms with Gasteiger partial charge in [-0.15, -0.1) is 0 Å². The number of rotatable bonds is 11. The number of nitro benzene ring substituents is 1. The Bertz CT molecular complexity index is 1200. The van der Waals surface area contributed by atoms with E-state index in [0.717, 1.165) is 29.1 Å². The fraction of sp³-hybridized carbons (Fsp3) is 0.259. The highest BCUT2D eigenvalue weighted by molar-refractivity contribution is 7.99. The van der Waals surface area contributed by atoms with Crippen molar-refractivity contribution in [3.05, 3.63) is 82.9 Å². The highest BCUT2D eigenvalue weighted by atomic mass is 32.2. The summed E-state index contributed by atoms with van der Waals surface area (Å²) in [6.45, 7) is 4.43. The molecule has 0 aliphatic carbocycles. The van der Waals surface area contributed by atoms with Crippen LogP contribution in [0.5, 0.6) is 5.75 Å². The number of para-hydroxylation sites is 2. The standard InChI is InChI=1S/C27H29N3O5S/c1-3-5-18-29(27(32)28-24-12-6-7-13-25(24)30(33)34)20-10-8-11-23(19-20)36-22-16-14-21(15-17-22)35-26(31)9-4-2/h6-8,10-17,19H,3-5,9,18H2,1-2H3,(H,28,32). The third-order valence-corrected chi connectivity index (χ3v) is 6.19. The lowest BCUT2D eigenvalue weighted by molar-refractivity contribution is -0.383. The lowest BCUT2D eigenvalue weighted by atomic mass is 10.2. The van der Waals surface area contributed by atoms with Gasteiger partial charge in [0.2, 0.25) is 0 Å². The van der Waals surface area contributed by atoms with Crippen molar-refractivity contribution in [3.63, 3.8) is 0 Å². The number of urea groups is 1. The van der Waals surface area contributed by atoms with Crippen molar-refractivity contribution in [1.29, 1.82) is 0 Å². The van der Waals surface area contributed by atoms with Crippen LogP contribution in [-0.4, -0.2) is 23.5 Å². The highest BCUT2D eigenvalue weighted by Crippen LogP contribution is 2.32. The summed E-state index contributed by atoms with van der Waals surface area (Å²) in [7, 11) is 0. The first-order valence-corrected chi connectivity index (χ1v) is 12.6. The maximum Gasteiger partial charge on any atom is 0.326 e. The Morgan fingerprint density at radius 1 is 0.972 bits per heavy atom. The van der Waals surface area contributed by atoms with E-state index in [1.165, 1.54) is 23.9 Å². The largest absolute Gasteiger partial charge is 0.427 e. The van der Waals surface area contributed by atoms with Gasteiger partial charge in [-0.25, -0.2) is 4.79 Å². The second-order valence-corrected chi connectivity index (χ2v) is 9.15. The summed E-state index contributed by atoms with van der Waals surface area (Å²) in [5.74, 6) is 0.251. The van der Waals surface area contributed by atoms with E-state index >= 15 is 0 Å². The highest BCUT2D eigenvalue weighted by Gasteiger charge is 2.20. The summed E-state index contributed by atoms with van der Waals surface area (Å²) < 4.78 is 5.30. The molecular weight excluding hydrogens is 478 g/mol. The molecule has 0 aromatic heterocycles. The minimum Gasteiger partial charge on any atom is -0.427 e. The molecule has 3 aromatic carbocycles. The lowest BCUT2D eigenvalue weighted by Gasteiger charge is -2.23. The van der Waals surface area contributed by atoms with Crippen LogP contribution in [0.15, 0.2) is 82.6 Å². The molecule has 0 radical (unpaired) electrons. The summed E-state index contributed by atoms with van der Waals surface area (Å²) in [6, 6.07) is 20.5. The summed E-state index contributed by atoms with van der Waals surface area (Å²) >= 11 is 1.51. The number of amides is 2. The molecule has 0 aliphatic heterocycles. The van der Waals surface area contributed by atoms with E-state index in [-0.39, 0.29) is 17.3 Å². The van der Waals surface area contributed by atoms with Gasteiger partial charge >= 0.3 is 12.0 Å². The van der Waals surface area contributed by atoms with Crippen LogP contribution in [-0.2, 0) is 4.79 Å². The Labute approximate surface area is 214 Å². The Morgan fingerprint density at radius 3 is 2.42 bits per heavy atom. The van der Waals surface area contributed by atoms with Crippen LogP contribution in [0.2, 0.25) is 0 Å². The van der Waals surface area contributed by atoms with E-state index in [4.69, 9.17) is 4.74 Å². The zero-order valence-corrected chi connectivity index (χ0v) is 21.1. The van der Waals surface area contributed by atoms with Crippen molar-refractivity contribution in [3.8, 4) is 5.75 Å². The van der Waals surface area contributed by atoms with Crippen LogP contribution in [0.25, 0.3) is 0 Å². The van der Waals surface area contributed by atoms with Crippen molar-refractivity contribution >= 4 is 40.8 Å². The number of carbonyl (C=O) groups is 2. The van der Waals surface area contributed by atoms with Crippen molar-refractivity contribution in [2.24, 2.45) is 0 Å². The second kappa shape index (κ2) is 13.3. The first-order valence-electron chi connectivity index (χ1n) is 11.8. The quantitative estimate of drug-likeness (QED) is 0.127. The molecule has 0 saturated carbocycles. The molecule has 8 nitrogen and oxygen atoms in total. The smallest absolute Gasteiger partial charge is 0.326 e. The molecule has 2 amide bonds. The first kappa shape index (κ1) is 26.7. The number of esters is 1. The van der Waals surface area contributed by atoms with Crippen molar-refractivity contribution in [2.45, 2.75) is 49.3 Å². The van der Waals surface area contributed by atoms with E-state index in [2.05, 4.69) is 5.32 Å². The maximum atomic E-state index is 13.2. The SMILES string of the molecule is CCCCN(C(=O)Nc1ccccc1[N+](=O)[O-])c1cccc(Sc2ccc(OC(=O)CCC)cc2)c1. The Hall–Kier alpha value is -3.85. The van der Waals surface area contributed by atoms with Gasteiger partial charge in [0.05, 0.1) is 4.92 Å². The normalized spacial score (nSPS) is 10.5. The van der Waals surface area contributed by atoms with Gasteiger partial charge in [-0.2, -0.15) is 0 Å². The van der Waals surface area contributed by atoms with E-state index in [9.17, 15) is 19.7 Å². The topological polar surface area (TPSA) is 102 Å². The summed E-state index contributed by atoms with van der Waals surface area (Å²) in [5, 5.41) is 14.0. The zero-order valence-electron chi connectivity index (χ0n) is 20.3. The molecule has 0 fully saturated rings. The van der Waals surface area contributed by atoms with E-state index < -0.39 is 11.0 Å². The molecule has 188 valence electrons. The molecule has 0 aliphatic rings. The molecule has 0 unspecified atom stereocenters. The average molecular weight is 508 g/mol. The van der Waals surface area contributed by atoms with Crippen molar-refractivity contribution < 1.29 is 19.2 Å². The van der Waals surface area contributed by atoms with E-state index in [1.54, 1.807) is 29.2 Å². The minimum absolute atomic E-state index is 0.152. The third kappa shape index (κ3) is 7.58.